The second-order valence-electron chi connectivity index (χ2n) is 5.12. The quantitative estimate of drug-likeness (QED) is 0.891. The highest BCUT2D eigenvalue weighted by Gasteiger charge is 2.44. The van der Waals surface area contributed by atoms with Crippen LogP contribution in [0.15, 0.2) is 24.3 Å². The summed E-state index contributed by atoms with van der Waals surface area (Å²) in [6.07, 6.45) is 0.631. The van der Waals surface area contributed by atoms with Crippen LogP contribution in [0.2, 0.25) is 0 Å². The zero-order valence-electron chi connectivity index (χ0n) is 11.8. The maximum absolute atomic E-state index is 12.2. The molecule has 0 radical (unpaired) electrons. The van der Waals surface area contributed by atoms with Gasteiger partial charge in [0.15, 0.2) is 0 Å². The average Bonchev–Trinajstić information content (AvgIpc) is 2.60. The van der Waals surface area contributed by atoms with Gasteiger partial charge < -0.3 is 4.74 Å². The third-order valence-electron chi connectivity index (χ3n) is 3.31. The molecule has 1 aliphatic heterocycles. The molecule has 0 aromatic heterocycles. The maximum atomic E-state index is 12.2. The van der Waals surface area contributed by atoms with Crippen LogP contribution in [-0.4, -0.2) is 36.9 Å². The van der Waals surface area contributed by atoms with Crippen molar-refractivity contribution in [3.8, 4) is 5.75 Å². The average molecular weight is 264 g/mol. The van der Waals surface area contributed by atoms with Crippen molar-refractivity contribution < 1.29 is 14.4 Å². The molecule has 0 saturated carbocycles. The molecule has 104 valence electrons. The molecule has 1 heterocycles. The number of methoxy groups -OCH3 is 1. The van der Waals surface area contributed by atoms with Crippen molar-refractivity contribution in [2.24, 2.45) is 0 Å². The monoisotopic (exact) mass is 264 g/mol. The van der Waals surface area contributed by atoms with Crippen molar-refractivity contribution >= 4 is 5.91 Å². The number of benzene rings is 1. The SMILES string of the molecule is COc1ccc(C[C@@H]2NC(C)(C)N(OC)C2=O)cc1. The first kappa shape index (κ1) is 13.8. The maximum Gasteiger partial charge on any atom is 0.265 e. The lowest BCUT2D eigenvalue weighted by atomic mass is 10.1. The van der Waals surface area contributed by atoms with E-state index in [2.05, 4.69) is 5.32 Å². The van der Waals surface area contributed by atoms with E-state index in [0.717, 1.165) is 11.3 Å². The Morgan fingerprint density at radius 3 is 2.37 bits per heavy atom. The molecule has 0 bridgehead atoms. The van der Waals surface area contributed by atoms with Gasteiger partial charge in [-0.2, -0.15) is 0 Å². The second kappa shape index (κ2) is 5.19. The Balaban J connectivity index is 2.09. The normalized spacial score (nSPS) is 21.8. The summed E-state index contributed by atoms with van der Waals surface area (Å²) in [6, 6.07) is 7.47. The van der Waals surface area contributed by atoms with E-state index < -0.39 is 5.66 Å². The molecular weight excluding hydrogens is 244 g/mol. The van der Waals surface area contributed by atoms with Gasteiger partial charge in [-0.15, -0.1) is 0 Å². The van der Waals surface area contributed by atoms with E-state index in [1.807, 2.05) is 38.1 Å². The van der Waals surface area contributed by atoms with Crippen molar-refractivity contribution in [1.82, 2.24) is 10.4 Å². The Hall–Kier alpha value is -1.59. The zero-order chi connectivity index (χ0) is 14.0. The number of hydrogen-bond acceptors (Lipinski definition) is 4. The fourth-order valence-corrected chi connectivity index (χ4v) is 2.42. The first-order valence-corrected chi connectivity index (χ1v) is 6.27. The first-order chi connectivity index (χ1) is 8.97. The largest absolute Gasteiger partial charge is 0.497 e. The third-order valence-corrected chi connectivity index (χ3v) is 3.31. The lowest BCUT2D eigenvalue weighted by molar-refractivity contribution is -0.192. The van der Waals surface area contributed by atoms with Gasteiger partial charge >= 0.3 is 0 Å². The molecule has 5 nitrogen and oxygen atoms in total. The predicted molar refractivity (Wildman–Crippen MR) is 71.6 cm³/mol. The van der Waals surface area contributed by atoms with Gasteiger partial charge in [0.05, 0.1) is 20.3 Å². The number of rotatable bonds is 4. The van der Waals surface area contributed by atoms with Crippen molar-refractivity contribution in [1.29, 1.82) is 0 Å². The number of nitrogens with zero attached hydrogens (tertiary/aromatic N) is 1. The van der Waals surface area contributed by atoms with Crippen LogP contribution in [0.1, 0.15) is 19.4 Å². The molecule has 0 spiro atoms. The van der Waals surface area contributed by atoms with Gasteiger partial charge in [0.2, 0.25) is 0 Å². The van der Waals surface area contributed by atoms with Crippen LogP contribution in [0, 0.1) is 0 Å². The topological polar surface area (TPSA) is 50.8 Å². The van der Waals surface area contributed by atoms with Crippen LogP contribution in [0.4, 0.5) is 0 Å². The number of carbonyl (C=O) groups is 1. The molecule has 1 aliphatic rings. The van der Waals surface area contributed by atoms with Crippen LogP contribution in [0.5, 0.6) is 5.75 Å². The van der Waals surface area contributed by atoms with Crippen molar-refractivity contribution in [3.63, 3.8) is 0 Å². The number of hydroxylamine groups is 2. The number of hydrogen-bond donors (Lipinski definition) is 1. The van der Waals surface area contributed by atoms with Gasteiger partial charge in [-0.1, -0.05) is 12.1 Å². The minimum Gasteiger partial charge on any atom is -0.497 e. The second-order valence-corrected chi connectivity index (χ2v) is 5.12. The van der Waals surface area contributed by atoms with E-state index in [4.69, 9.17) is 9.57 Å². The van der Waals surface area contributed by atoms with E-state index in [9.17, 15) is 4.79 Å². The molecule has 1 aromatic rings. The van der Waals surface area contributed by atoms with E-state index >= 15 is 0 Å². The van der Waals surface area contributed by atoms with Crippen LogP contribution in [-0.2, 0) is 16.1 Å². The summed E-state index contributed by atoms with van der Waals surface area (Å²) in [5.41, 5.74) is 0.601. The van der Waals surface area contributed by atoms with Gasteiger partial charge in [-0.25, -0.2) is 5.06 Å². The van der Waals surface area contributed by atoms with Gasteiger partial charge in [-0.05, 0) is 38.0 Å². The fourth-order valence-electron chi connectivity index (χ4n) is 2.42. The number of nitrogens with one attached hydrogen (secondary N) is 1. The molecular formula is C14H20N2O3. The molecule has 1 saturated heterocycles. The molecule has 19 heavy (non-hydrogen) atoms. The minimum absolute atomic E-state index is 0.0386. The molecule has 2 rings (SSSR count). The van der Waals surface area contributed by atoms with Gasteiger partial charge in [0.1, 0.15) is 11.4 Å². The van der Waals surface area contributed by atoms with Gasteiger partial charge in [0.25, 0.3) is 5.91 Å². The molecule has 1 aromatic carbocycles. The standard InChI is InChI=1S/C14H20N2O3/c1-14(2)15-12(13(17)16(14)19-4)9-10-5-7-11(18-3)8-6-10/h5-8,12,15H,9H2,1-4H3/t12-/m0/s1. The molecule has 1 N–H and O–H groups in total. The molecule has 1 fully saturated rings. The summed E-state index contributed by atoms with van der Waals surface area (Å²) in [5.74, 6) is 0.775. The predicted octanol–water partition coefficient (Wildman–Crippen LogP) is 1.34. The summed E-state index contributed by atoms with van der Waals surface area (Å²) >= 11 is 0. The Kier molecular flexibility index (Phi) is 3.78. The molecule has 0 unspecified atom stereocenters. The lowest BCUT2D eigenvalue weighted by Crippen LogP contribution is -2.46. The Labute approximate surface area is 113 Å². The van der Waals surface area contributed by atoms with Crippen LogP contribution in [0.3, 0.4) is 0 Å². The molecule has 1 atom stereocenters. The number of carbonyl (C=O) groups excluding carboxylic acids is 1. The summed E-state index contributed by atoms with van der Waals surface area (Å²) in [5, 5.41) is 4.67. The zero-order valence-corrected chi connectivity index (χ0v) is 11.8. The fraction of sp³-hybridized carbons (Fsp3) is 0.500. The smallest absolute Gasteiger partial charge is 0.265 e. The van der Waals surface area contributed by atoms with Gasteiger partial charge in [0, 0.05) is 0 Å². The van der Waals surface area contributed by atoms with E-state index in [0.29, 0.717) is 6.42 Å². The Bertz CT molecular complexity index is 456. The van der Waals surface area contributed by atoms with Crippen molar-refractivity contribution in [2.75, 3.05) is 14.2 Å². The Morgan fingerprint density at radius 2 is 1.89 bits per heavy atom. The molecule has 5 heteroatoms. The van der Waals surface area contributed by atoms with Crippen LogP contribution < -0.4 is 10.1 Å². The summed E-state index contributed by atoms with van der Waals surface area (Å²) < 4.78 is 5.12. The minimum atomic E-state index is -0.483. The highest BCUT2D eigenvalue weighted by atomic mass is 16.7. The summed E-state index contributed by atoms with van der Waals surface area (Å²) in [4.78, 5) is 17.3. The molecule has 0 aliphatic carbocycles. The first-order valence-electron chi connectivity index (χ1n) is 6.27. The van der Waals surface area contributed by atoms with Gasteiger partial charge in [-0.3, -0.25) is 14.9 Å². The van der Waals surface area contributed by atoms with Crippen molar-refractivity contribution in [2.45, 2.75) is 32.0 Å². The number of amides is 1. The third kappa shape index (κ3) is 2.72. The van der Waals surface area contributed by atoms with Crippen LogP contribution in [0.25, 0.3) is 0 Å². The van der Waals surface area contributed by atoms with Crippen LogP contribution >= 0.6 is 0 Å². The highest BCUT2D eigenvalue weighted by molar-refractivity contribution is 5.84. The number of ether oxygens (including phenoxy) is 1. The summed E-state index contributed by atoms with van der Waals surface area (Å²) in [7, 11) is 3.15. The summed E-state index contributed by atoms with van der Waals surface area (Å²) in [6.45, 7) is 3.84. The van der Waals surface area contributed by atoms with E-state index in [1.54, 1.807) is 7.11 Å². The molecule has 1 amide bonds. The highest BCUT2D eigenvalue weighted by Crippen LogP contribution is 2.23. The van der Waals surface area contributed by atoms with Crippen molar-refractivity contribution in [3.05, 3.63) is 29.8 Å². The Morgan fingerprint density at radius 1 is 1.26 bits per heavy atom. The lowest BCUT2D eigenvalue weighted by Gasteiger charge is -2.28. The van der Waals surface area contributed by atoms with E-state index in [-0.39, 0.29) is 11.9 Å². The van der Waals surface area contributed by atoms with E-state index in [1.165, 1.54) is 12.2 Å².